The van der Waals surface area contributed by atoms with E-state index >= 15 is 0 Å². The van der Waals surface area contributed by atoms with Gasteiger partial charge >= 0.3 is 0 Å². The number of hydrogen-bond acceptors (Lipinski definition) is 5. The zero-order valence-corrected chi connectivity index (χ0v) is 11.0. The molecule has 0 fully saturated rings. The highest BCUT2D eigenvalue weighted by atomic mass is 32.1. The van der Waals surface area contributed by atoms with E-state index in [1.807, 2.05) is 0 Å². The second-order valence-corrected chi connectivity index (χ2v) is 4.41. The molecule has 0 radical (unpaired) electrons. The monoisotopic (exact) mass is 243 g/mol. The molecule has 16 heavy (non-hydrogen) atoms. The van der Waals surface area contributed by atoms with Crippen LogP contribution in [0, 0.1) is 0 Å². The van der Waals surface area contributed by atoms with Crippen LogP contribution in [0.5, 0.6) is 0 Å². The van der Waals surface area contributed by atoms with Gasteiger partial charge in [-0.15, -0.1) is 0 Å². The Labute approximate surface area is 102 Å². The predicted octanol–water partition coefficient (Wildman–Crippen LogP) is 2.72. The van der Waals surface area contributed by atoms with E-state index in [2.05, 4.69) is 28.5 Å². The smallest absolute Gasteiger partial charge is 0.202 e. The van der Waals surface area contributed by atoms with Gasteiger partial charge in [0, 0.05) is 37.7 Å². The topological polar surface area (TPSA) is 47.0 Å². The Bertz CT molecular complexity index is 278. The molecule has 0 aliphatic heterocycles. The number of aromatic nitrogens is 2. The first-order chi connectivity index (χ1) is 7.86. The molecule has 0 amide bonds. The van der Waals surface area contributed by atoms with Crippen molar-refractivity contribution < 1.29 is 4.74 Å². The molecule has 0 aliphatic carbocycles. The van der Waals surface area contributed by atoms with E-state index in [4.69, 9.17) is 4.74 Å². The predicted molar refractivity (Wildman–Crippen MR) is 68.1 cm³/mol. The SMILES string of the molecule is CCCOCCCNc1nc(CCC)ns1. The summed E-state index contributed by atoms with van der Waals surface area (Å²) in [6, 6.07) is 0. The fourth-order valence-electron chi connectivity index (χ4n) is 1.27. The Hall–Kier alpha value is -0.680. The molecule has 5 heteroatoms. The number of aryl methyl sites for hydroxylation is 1. The lowest BCUT2D eigenvalue weighted by Crippen LogP contribution is -2.06. The summed E-state index contributed by atoms with van der Waals surface area (Å²) < 4.78 is 9.66. The Morgan fingerprint density at radius 3 is 2.88 bits per heavy atom. The van der Waals surface area contributed by atoms with Crippen LogP contribution < -0.4 is 5.32 Å². The van der Waals surface area contributed by atoms with E-state index in [0.29, 0.717) is 0 Å². The van der Waals surface area contributed by atoms with E-state index in [-0.39, 0.29) is 0 Å². The lowest BCUT2D eigenvalue weighted by atomic mass is 10.3. The summed E-state index contributed by atoms with van der Waals surface area (Å²) in [6.07, 6.45) is 4.17. The molecule has 0 aliphatic rings. The standard InChI is InChI=1S/C11H21N3OS/c1-3-6-10-13-11(16-14-10)12-7-5-9-15-8-4-2/h3-9H2,1-2H3,(H,12,13,14). The normalized spacial score (nSPS) is 10.6. The summed E-state index contributed by atoms with van der Waals surface area (Å²) in [5.74, 6) is 0.956. The largest absolute Gasteiger partial charge is 0.381 e. The van der Waals surface area contributed by atoms with Crippen LogP contribution in [0.4, 0.5) is 5.13 Å². The van der Waals surface area contributed by atoms with E-state index in [0.717, 1.165) is 56.4 Å². The second kappa shape index (κ2) is 8.47. The third-order valence-corrected chi connectivity index (χ3v) is 2.74. The van der Waals surface area contributed by atoms with Crippen molar-refractivity contribution in [1.82, 2.24) is 9.36 Å². The highest BCUT2D eigenvalue weighted by Crippen LogP contribution is 2.11. The summed E-state index contributed by atoms with van der Waals surface area (Å²) in [4.78, 5) is 4.39. The van der Waals surface area contributed by atoms with Gasteiger partial charge in [0.1, 0.15) is 5.82 Å². The minimum atomic E-state index is 0.821. The van der Waals surface area contributed by atoms with Gasteiger partial charge in [0.2, 0.25) is 5.13 Å². The Morgan fingerprint density at radius 1 is 1.25 bits per heavy atom. The number of anilines is 1. The number of rotatable bonds is 9. The van der Waals surface area contributed by atoms with Crippen LogP contribution in [0.2, 0.25) is 0 Å². The number of hydrogen-bond donors (Lipinski definition) is 1. The average Bonchev–Trinajstić information content (AvgIpc) is 2.72. The van der Waals surface area contributed by atoms with Gasteiger partial charge in [0.25, 0.3) is 0 Å². The molecule has 1 aromatic heterocycles. The van der Waals surface area contributed by atoms with Crippen molar-refractivity contribution >= 4 is 16.7 Å². The minimum absolute atomic E-state index is 0.821. The van der Waals surface area contributed by atoms with Crippen molar-refractivity contribution in [2.75, 3.05) is 25.1 Å². The average molecular weight is 243 g/mol. The van der Waals surface area contributed by atoms with Gasteiger partial charge in [-0.2, -0.15) is 4.37 Å². The van der Waals surface area contributed by atoms with Gasteiger partial charge in [-0.05, 0) is 19.3 Å². The number of nitrogens with one attached hydrogen (secondary N) is 1. The van der Waals surface area contributed by atoms with Crippen LogP contribution in [0.15, 0.2) is 0 Å². The maximum Gasteiger partial charge on any atom is 0.202 e. The first kappa shape index (κ1) is 13.4. The molecule has 1 aromatic rings. The van der Waals surface area contributed by atoms with Crippen molar-refractivity contribution in [3.8, 4) is 0 Å². The third-order valence-electron chi connectivity index (χ3n) is 2.03. The molecule has 4 nitrogen and oxygen atoms in total. The Balaban J connectivity index is 2.07. The van der Waals surface area contributed by atoms with Crippen molar-refractivity contribution in [1.29, 1.82) is 0 Å². The van der Waals surface area contributed by atoms with Crippen LogP contribution in [-0.2, 0) is 11.2 Å². The second-order valence-electron chi connectivity index (χ2n) is 3.66. The molecule has 1 rings (SSSR count). The fourth-order valence-corrected chi connectivity index (χ4v) is 1.90. The number of ether oxygens (including phenoxy) is 1. The van der Waals surface area contributed by atoms with Gasteiger partial charge in [-0.3, -0.25) is 0 Å². The summed E-state index contributed by atoms with van der Waals surface area (Å²) in [7, 11) is 0. The van der Waals surface area contributed by atoms with Crippen LogP contribution in [0.3, 0.4) is 0 Å². The van der Waals surface area contributed by atoms with Crippen LogP contribution in [0.25, 0.3) is 0 Å². The van der Waals surface area contributed by atoms with Gasteiger partial charge in [-0.1, -0.05) is 13.8 Å². The van der Waals surface area contributed by atoms with Crippen molar-refractivity contribution in [3.05, 3.63) is 5.82 Å². The molecule has 0 spiro atoms. The maximum absolute atomic E-state index is 5.39. The molecule has 92 valence electrons. The van der Waals surface area contributed by atoms with Gasteiger partial charge < -0.3 is 10.1 Å². The summed E-state index contributed by atoms with van der Waals surface area (Å²) in [6.45, 7) is 6.85. The molecule has 0 unspecified atom stereocenters. The summed E-state index contributed by atoms with van der Waals surface area (Å²) in [5.41, 5.74) is 0. The molecule has 1 heterocycles. The third kappa shape index (κ3) is 5.42. The van der Waals surface area contributed by atoms with E-state index in [1.165, 1.54) is 11.5 Å². The van der Waals surface area contributed by atoms with Crippen LogP contribution in [0.1, 0.15) is 38.9 Å². The first-order valence-corrected chi connectivity index (χ1v) is 6.78. The number of nitrogens with zero attached hydrogens (tertiary/aromatic N) is 2. The Kier molecular flexibility index (Phi) is 7.09. The van der Waals surface area contributed by atoms with Crippen molar-refractivity contribution in [2.45, 2.75) is 39.5 Å². The fraction of sp³-hybridized carbons (Fsp3) is 0.818. The molecular formula is C11H21N3OS. The zero-order valence-electron chi connectivity index (χ0n) is 10.2. The maximum atomic E-state index is 5.39. The molecular weight excluding hydrogens is 222 g/mol. The quantitative estimate of drug-likeness (QED) is 0.677. The molecule has 0 atom stereocenters. The minimum Gasteiger partial charge on any atom is -0.381 e. The van der Waals surface area contributed by atoms with Crippen molar-refractivity contribution in [2.24, 2.45) is 0 Å². The summed E-state index contributed by atoms with van der Waals surface area (Å²) >= 11 is 1.44. The van der Waals surface area contributed by atoms with Gasteiger partial charge in [0.15, 0.2) is 0 Å². The highest BCUT2D eigenvalue weighted by molar-refractivity contribution is 7.09. The zero-order chi connectivity index (χ0) is 11.6. The van der Waals surface area contributed by atoms with Gasteiger partial charge in [-0.25, -0.2) is 4.98 Å². The van der Waals surface area contributed by atoms with E-state index in [1.54, 1.807) is 0 Å². The van der Waals surface area contributed by atoms with E-state index < -0.39 is 0 Å². The lowest BCUT2D eigenvalue weighted by molar-refractivity contribution is 0.134. The lowest BCUT2D eigenvalue weighted by Gasteiger charge is -2.02. The highest BCUT2D eigenvalue weighted by Gasteiger charge is 2.01. The van der Waals surface area contributed by atoms with Crippen molar-refractivity contribution in [3.63, 3.8) is 0 Å². The van der Waals surface area contributed by atoms with Crippen LogP contribution >= 0.6 is 11.5 Å². The van der Waals surface area contributed by atoms with E-state index in [9.17, 15) is 0 Å². The molecule has 0 bridgehead atoms. The summed E-state index contributed by atoms with van der Waals surface area (Å²) in [5, 5.41) is 4.19. The first-order valence-electron chi connectivity index (χ1n) is 6.01. The molecule has 0 saturated heterocycles. The molecule has 0 saturated carbocycles. The Morgan fingerprint density at radius 2 is 2.12 bits per heavy atom. The van der Waals surface area contributed by atoms with Crippen LogP contribution in [-0.4, -0.2) is 29.1 Å². The molecule has 0 aromatic carbocycles. The molecule has 1 N–H and O–H groups in total. The van der Waals surface area contributed by atoms with Gasteiger partial charge in [0.05, 0.1) is 0 Å².